The Morgan fingerprint density at radius 1 is 1.45 bits per heavy atom. The van der Waals surface area contributed by atoms with Crippen LogP contribution in [-0.4, -0.2) is 25.5 Å². The minimum Gasteiger partial charge on any atom is -0.356 e. The van der Waals surface area contributed by atoms with E-state index >= 15 is 0 Å². The Hall–Kier alpha value is -1.42. The molecule has 1 heterocycles. The molecule has 1 aliphatic heterocycles. The lowest BCUT2D eigenvalue weighted by Crippen LogP contribution is -2.28. The number of hydrogen-bond donors (Lipinski definition) is 1. The molecule has 2 rings (SSSR count). The Labute approximate surface area is 120 Å². The van der Waals surface area contributed by atoms with Crippen molar-refractivity contribution in [3.8, 4) is 0 Å². The van der Waals surface area contributed by atoms with Gasteiger partial charge in [-0.2, -0.15) is 0 Å². The summed E-state index contributed by atoms with van der Waals surface area (Å²) in [6.45, 7) is 2.46. The molecule has 1 unspecified atom stereocenters. The van der Waals surface area contributed by atoms with Gasteiger partial charge in [-0.1, -0.05) is 12.1 Å². The molecular weight excluding hydrogens is 255 g/mol. The quantitative estimate of drug-likeness (QED) is 0.851. The number of nitrogens with one attached hydrogen (secondary N) is 1. The normalized spacial score (nSPS) is 18.8. The van der Waals surface area contributed by atoms with Crippen molar-refractivity contribution in [2.24, 2.45) is 5.92 Å². The van der Waals surface area contributed by atoms with Gasteiger partial charge in [-0.3, -0.25) is 4.79 Å². The van der Waals surface area contributed by atoms with E-state index in [4.69, 9.17) is 0 Å². The van der Waals surface area contributed by atoms with Gasteiger partial charge in [0.2, 0.25) is 5.91 Å². The van der Waals surface area contributed by atoms with Gasteiger partial charge in [-0.15, -0.1) is 0 Å². The summed E-state index contributed by atoms with van der Waals surface area (Å²) in [6, 6.07) is 6.50. The molecule has 4 heteroatoms. The van der Waals surface area contributed by atoms with E-state index in [1.807, 2.05) is 6.07 Å². The molecule has 0 saturated carbocycles. The summed E-state index contributed by atoms with van der Waals surface area (Å²) >= 11 is 0. The zero-order valence-electron chi connectivity index (χ0n) is 11.8. The first-order valence-corrected chi connectivity index (χ1v) is 7.38. The van der Waals surface area contributed by atoms with Crippen molar-refractivity contribution >= 4 is 5.91 Å². The number of benzene rings is 1. The van der Waals surface area contributed by atoms with Gasteiger partial charge in [-0.25, -0.2) is 9.71 Å². The fourth-order valence-electron chi connectivity index (χ4n) is 2.55. The van der Waals surface area contributed by atoms with Gasteiger partial charge in [0.25, 0.3) is 0 Å². The van der Waals surface area contributed by atoms with Crippen molar-refractivity contribution in [1.82, 2.24) is 10.6 Å². The molecule has 1 aromatic rings. The molecule has 0 aromatic heterocycles. The lowest BCUT2D eigenvalue weighted by molar-refractivity contribution is -0.121. The fourth-order valence-corrected chi connectivity index (χ4v) is 2.55. The minimum absolute atomic E-state index is 0.0898. The number of nitrogens with zero attached hydrogens (tertiary/aromatic N) is 1. The van der Waals surface area contributed by atoms with Crippen LogP contribution in [0.5, 0.6) is 0 Å². The van der Waals surface area contributed by atoms with Crippen LogP contribution in [0.4, 0.5) is 4.39 Å². The fraction of sp³-hybridized carbons (Fsp3) is 0.562. The summed E-state index contributed by atoms with van der Waals surface area (Å²) in [4.78, 5) is 11.7. The van der Waals surface area contributed by atoms with Crippen LogP contribution in [0.3, 0.4) is 0 Å². The molecule has 1 radical (unpaired) electrons. The minimum atomic E-state index is -0.227. The zero-order valence-corrected chi connectivity index (χ0v) is 11.8. The van der Waals surface area contributed by atoms with E-state index in [2.05, 4.69) is 10.6 Å². The average molecular weight is 277 g/mol. The highest BCUT2D eigenvalue weighted by Crippen LogP contribution is 2.16. The highest BCUT2D eigenvalue weighted by Gasteiger charge is 2.14. The molecule has 1 aromatic carbocycles. The molecule has 1 saturated heterocycles. The van der Waals surface area contributed by atoms with E-state index in [-0.39, 0.29) is 11.7 Å². The molecule has 0 spiro atoms. The predicted molar refractivity (Wildman–Crippen MR) is 76.9 cm³/mol. The van der Waals surface area contributed by atoms with Crippen LogP contribution >= 0.6 is 0 Å². The number of rotatable bonds is 6. The van der Waals surface area contributed by atoms with Crippen molar-refractivity contribution in [1.29, 1.82) is 0 Å². The second-order valence-electron chi connectivity index (χ2n) is 5.41. The summed E-state index contributed by atoms with van der Waals surface area (Å²) in [6.07, 6.45) is 4.52. The largest absolute Gasteiger partial charge is 0.356 e. The number of carbonyl (C=O) groups excluding carboxylic acids is 1. The predicted octanol–water partition coefficient (Wildman–Crippen LogP) is 2.28. The lowest BCUT2D eigenvalue weighted by atomic mass is 9.94. The van der Waals surface area contributed by atoms with E-state index in [0.717, 1.165) is 31.5 Å². The standard InChI is InChI=1S/C16H22FN2O/c17-15-5-1-3-13(11-15)8-10-19-16(20)7-6-14-4-2-9-18-12-14/h1,3,5,11,14H,2,4,6-10,12H2,(H,19,20). The first kappa shape index (κ1) is 15.0. The van der Waals surface area contributed by atoms with Crippen LogP contribution in [0.25, 0.3) is 0 Å². The molecular formula is C16H22FN2O. The maximum atomic E-state index is 13.0. The maximum absolute atomic E-state index is 13.0. The van der Waals surface area contributed by atoms with E-state index < -0.39 is 0 Å². The van der Waals surface area contributed by atoms with Crippen LogP contribution in [-0.2, 0) is 11.2 Å². The summed E-state index contributed by atoms with van der Waals surface area (Å²) in [7, 11) is 0. The van der Waals surface area contributed by atoms with Crippen LogP contribution in [0.15, 0.2) is 24.3 Å². The Kier molecular flexibility index (Phi) is 5.99. The first-order valence-electron chi connectivity index (χ1n) is 7.38. The van der Waals surface area contributed by atoms with Crippen LogP contribution in [0, 0.1) is 11.7 Å². The lowest BCUT2D eigenvalue weighted by Gasteiger charge is -2.20. The molecule has 1 atom stereocenters. The van der Waals surface area contributed by atoms with Gasteiger partial charge in [-0.05, 0) is 49.3 Å². The molecule has 1 N–H and O–H groups in total. The van der Waals surface area contributed by atoms with E-state index in [0.29, 0.717) is 25.3 Å². The topological polar surface area (TPSA) is 43.2 Å². The average Bonchev–Trinajstić information content (AvgIpc) is 2.46. The van der Waals surface area contributed by atoms with Gasteiger partial charge in [0.1, 0.15) is 5.82 Å². The van der Waals surface area contributed by atoms with Gasteiger partial charge in [0.05, 0.1) is 0 Å². The highest BCUT2D eigenvalue weighted by molar-refractivity contribution is 5.75. The smallest absolute Gasteiger partial charge is 0.220 e. The van der Waals surface area contributed by atoms with E-state index in [1.165, 1.54) is 18.6 Å². The van der Waals surface area contributed by atoms with Crippen LogP contribution < -0.4 is 10.6 Å². The number of halogens is 1. The number of amides is 1. The second-order valence-corrected chi connectivity index (χ2v) is 5.41. The monoisotopic (exact) mass is 277 g/mol. The van der Waals surface area contributed by atoms with E-state index in [9.17, 15) is 9.18 Å². The second kappa shape index (κ2) is 8.00. The Balaban J connectivity index is 1.60. The van der Waals surface area contributed by atoms with Crippen molar-refractivity contribution in [2.75, 3.05) is 19.6 Å². The summed E-state index contributed by atoms with van der Waals surface area (Å²) in [5.41, 5.74) is 0.913. The van der Waals surface area contributed by atoms with E-state index in [1.54, 1.807) is 6.07 Å². The highest BCUT2D eigenvalue weighted by atomic mass is 19.1. The Morgan fingerprint density at radius 3 is 3.10 bits per heavy atom. The summed E-state index contributed by atoms with van der Waals surface area (Å²) in [5.74, 6) is 0.444. The Bertz CT molecular complexity index is 430. The molecule has 0 aliphatic carbocycles. The summed E-state index contributed by atoms with van der Waals surface area (Å²) < 4.78 is 13.0. The number of carbonyl (C=O) groups is 1. The molecule has 1 fully saturated rings. The van der Waals surface area contributed by atoms with Crippen molar-refractivity contribution in [3.05, 3.63) is 35.6 Å². The molecule has 3 nitrogen and oxygen atoms in total. The molecule has 109 valence electrons. The van der Waals surface area contributed by atoms with Gasteiger partial charge in [0, 0.05) is 26.1 Å². The maximum Gasteiger partial charge on any atom is 0.220 e. The molecule has 20 heavy (non-hydrogen) atoms. The zero-order chi connectivity index (χ0) is 14.2. The summed E-state index contributed by atoms with van der Waals surface area (Å²) in [5, 5.41) is 7.28. The van der Waals surface area contributed by atoms with Crippen molar-refractivity contribution in [3.63, 3.8) is 0 Å². The first-order chi connectivity index (χ1) is 9.74. The third kappa shape index (κ3) is 5.29. The van der Waals surface area contributed by atoms with Crippen molar-refractivity contribution in [2.45, 2.75) is 32.1 Å². The van der Waals surface area contributed by atoms with Gasteiger partial charge >= 0.3 is 0 Å². The van der Waals surface area contributed by atoms with Gasteiger partial charge < -0.3 is 5.32 Å². The third-order valence-electron chi connectivity index (χ3n) is 3.72. The third-order valence-corrected chi connectivity index (χ3v) is 3.72. The van der Waals surface area contributed by atoms with Gasteiger partial charge in [0.15, 0.2) is 0 Å². The van der Waals surface area contributed by atoms with Crippen molar-refractivity contribution < 1.29 is 9.18 Å². The number of piperidine rings is 1. The van der Waals surface area contributed by atoms with Crippen LogP contribution in [0.1, 0.15) is 31.2 Å². The molecule has 1 aliphatic rings. The molecule has 0 bridgehead atoms. The number of hydrogen-bond acceptors (Lipinski definition) is 1. The van der Waals surface area contributed by atoms with Crippen LogP contribution in [0.2, 0.25) is 0 Å². The Morgan fingerprint density at radius 2 is 2.35 bits per heavy atom. The molecule has 1 amide bonds. The SMILES string of the molecule is O=C(CCC1CCC[N]C1)NCCc1cccc(F)c1.